The Morgan fingerprint density at radius 1 is 1.28 bits per heavy atom. The number of nitrogens with zero attached hydrogens (tertiary/aromatic N) is 2. The molecule has 1 atom stereocenters. The van der Waals surface area contributed by atoms with Crippen molar-refractivity contribution in [1.29, 1.82) is 0 Å². The number of carbonyl (C=O) groups excluding carboxylic acids is 2. The van der Waals surface area contributed by atoms with E-state index in [1.54, 1.807) is 18.3 Å². The highest BCUT2D eigenvalue weighted by molar-refractivity contribution is 8.15. The van der Waals surface area contributed by atoms with Gasteiger partial charge in [-0.2, -0.15) is 0 Å². The molecular weight excluding hydrogens is 338 g/mol. The number of rotatable bonds is 7. The SMILES string of the molecule is [3H]C1(Cc2ccc(OCCN(C)c3ccccn3)cc2)SC(=O)NC1=O. The number of likely N-dealkylation sites (N-methyl/N-ethyl adjacent to an activating group) is 1. The largest absolute Gasteiger partial charge is 0.492 e. The van der Waals surface area contributed by atoms with Crippen LogP contribution in [-0.2, 0) is 11.2 Å². The fourth-order valence-corrected chi connectivity index (χ4v) is 3.10. The first kappa shape index (κ1) is 16.0. The molecule has 2 heterocycles. The third-order valence-electron chi connectivity index (χ3n) is 3.71. The molecule has 6 nitrogen and oxygen atoms in total. The summed E-state index contributed by atoms with van der Waals surface area (Å²) in [5.41, 5.74) is 0.801. The molecule has 0 aliphatic carbocycles. The van der Waals surface area contributed by atoms with Crippen LogP contribution in [0.5, 0.6) is 5.75 Å². The first-order chi connectivity index (χ1) is 12.5. The molecule has 130 valence electrons. The molecule has 2 aromatic rings. The van der Waals surface area contributed by atoms with E-state index in [4.69, 9.17) is 6.11 Å². The number of hydrogen-bond acceptors (Lipinski definition) is 6. The van der Waals surface area contributed by atoms with Crippen LogP contribution >= 0.6 is 11.8 Å². The lowest BCUT2D eigenvalue weighted by molar-refractivity contribution is -0.118. The van der Waals surface area contributed by atoms with Crippen molar-refractivity contribution in [3.8, 4) is 5.75 Å². The van der Waals surface area contributed by atoms with Crippen LogP contribution in [0.2, 0.25) is 0 Å². The van der Waals surface area contributed by atoms with Crippen LogP contribution < -0.4 is 15.0 Å². The van der Waals surface area contributed by atoms with Gasteiger partial charge in [-0.05, 0) is 36.2 Å². The van der Waals surface area contributed by atoms with Gasteiger partial charge in [-0.15, -0.1) is 0 Å². The van der Waals surface area contributed by atoms with Crippen LogP contribution in [0.1, 0.15) is 6.93 Å². The Balaban J connectivity index is 1.50. The smallest absolute Gasteiger partial charge is 0.286 e. The maximum absolute atomic E-state index is 11.7. The summed E-state index contributed by atoms with van der Waals surface area (Å²) >= 11 is 0.714. The average Bonchev–Trinajstić information content (AvgIpc) is 2.88. The first-order valence-corrected chi connectivity index (χ1v) is 8.66. The molecule has 0 bridgehead atoms. The predicted molar refractivity (Wildman–Crippen MR) is 98.1 cm³/mol. The Morgan fingerprint density at radius 3 is 2.72 bits per heavy atom. The fourth-order valence-electron chi connectivity index (χ4n) is 2.35. The molecule has 1 aromatic carbocycles. The predicted octanol–water partition coefficient (Wildman–Crippen LogP) is 2.49. The van der Waals surface area contributed by atoms with E-state index < -0.39 is 16.4 Å². The van der Waals surface area contributed by atoms with E-state index in [9.17, 15) is 9.59 Å². The van der Waals surface area contributed by atoms with Crippen molar-refractivity contribution in [2.75, 3.05) is 25.1 Å². The Labute approximate surface area is 152 Å². The molecule has 1 N–H and O–H groups in total. The summed E-state index contributed by atoms with van der Waals surface area (Å²) in [4.78, 5) is 29.3. The zero-order valence-electron chi connectivity index (χ0n) is 14.8. The standard InChI is InChI=1S/C18H19N3O3S/c1-21(16-4-2-3-9-19-16)10-11-24-14-7-5-13(6-8-14)12-15-17(22)20-18(23)25-15/h2-9,15H,10-12H2,1H3,(H,20,22,23)/i15T. The zero-order chi connectivity index (χ0) is 18.6. The molecule has 7 heteroatoms. The van der Waals surface area contributed by atoms with Gasteiger partial charge in [-0.1, -0.05) is 30.0 Å². The highest BCUT2D eigenvalue weighted by Crippen LogP contribution is 2.23. The lowest BCUT2D eigenvalue weighted by Crippen LogP contribution is -2.25. The second kappa shape index (κ2) is 8.02. The molecular formula is C18H19N3O3S. The molecule has 0 saturated carbocycles. The summed E-state index contributed by atoms with van der Waals surface area (Å²) in [5, 5.41) is 0.189. The average molecular weight is 359 g/mol. The third-order valence-corrected chi connectivity index (χ3v) is 4.57. The molecule has 1 fully saturated rings. The van der Waals surface area contributed by atoms with Crippen molar-refractivity contribution >= 4 is 28.7 Å². The summed E-state index contributed by atoms with van der Waals surface area (Å²) in [6.07, 6.45) is 1.92. The minimum atomic E-state index is -1.50. The molecule has 25 heavy (non-hydrogen) atoms. The molecule has 1 aliphatic rings. The number of amides is 2. The van der Waals surface area contributed by atoms with Crippen molar-refractivity contribution in [3.63, 3.8) is 0 Å². The van der Waals surface area contributed by atoms with E-state index in [1.807, 2.05) is 42.3 Å². The fraction of sp³-hybridized carbons (Fsp3) is 0.278. The van der Waals surface area contributed by atoms with Gasteiger partial charge in [0.15, 0.2) is 0 Å². The van der Waals surface area contributed by atoms with E-state index in [1.165, 1.54) is 0 Å². The van der Waals surface area contributed by atoms with Crippen LogP contribution in [0.3, 0.4) is 0 Å². The van der Waals surface area contributed by atoms with Gasteiger partial charge in [0.2, 0.25) is 5.91 Å². The van der Waals surface area contributed by atoms with Crippen molar-refractivity contribution < 1.29 is 15.7 Å². The molecule has 1 aromatic heterocycles. The number of anilines is 1. The van der Waals surface area contributed by atoms with Gasteiger partial charge < -0.3 is 9.64 Å². The summed E-state index contributed by atoms with van der Waals surface area (Å²) in [7, 11) is 1.95. The van der Waals surface area contributed by atoms with Gasteiger partial charge in [0.25, 0.3) is 5.24 Å². The number of pyridine rings is 1. The second-order valence-electron chi connectivity index (χ2n) is 5.55. The van der Waals surface area contributed by atoms with Crippen LogP contribution in [-0.4, -0.2) is 41.6 Å². The maximum atomic E-state index is 11.7. The van der Waals surface area contributed by atoms with Gasteiger partial charge in [0, 0.05) is 13.2 Å². The number of aromatic nitrogens is 1. The number of imide groups is 1. The number of benzene rings is 1. The van der Waals surface area contributed by atoms with E-state index in [-0.39, 0.29) is 6.42 Å². The Hall–Kier alpha value is -2.54. The van der Waals surface area contributed by atoms with Crippen molar-refractivity contribution in [2.45, 2.75) is 11.6 Å². The third kappa shape index (κ3) is 4.73. The summed E-state index contributed by atoms with van der Waals surface area (Å²) < 4.78 is 13.9. The molecule has 1 aliphatic heterocycles. The van der Waals surface area contributed by atoms with Crippen molar-refractivity contribution in [3.05, 3.63) is 54.2 Å². The zero-order valence-corrected chi connectivity index (χ0v) is 14.6. The monoisotopic (exact) mass is 359 g/mol. The van der Waals surface area contributed by atoms with Crippen LogP contribution in [0.25, 0.3) is 0 Å². The van der Waals surface area contributed by atoms with Crippen molar-refractivity contribution in [1.82, 2.24) is 10.3 Å². The minimum Gasteiger partial charge on any atom is -0.492 e. The van der Waals surface area contributed by atoms with E-state index in [0.717, 1.165) is 11.4 Å². The van der Waals surface area contributed by atoms with E-state index in [2.05, 4.69) is 10.3 Å². The molecule has 1 unspecified atom stereocenters. The number of hydrogen-bond donors (Lipinski definition) is 1. The number of nitrogens with one attached hydrogen (secondary N) is 1. The van der Waals surface area contributed by atoms with Gasteiger partial charge >= 0.3 is 0 Å². The quantitative estimate of drug-likeness (QED) is 0.819. The van der Waals surface area contributed by atoms with Crippen molar-refractivity contribution in [2.24, 2.45) is 0 Å². The van der Waals surface area contributed by atoms with Gasteiger partial charge in [0.1, 0.15) is 18.2 Å². The van der Waals surface area contributed by atoms with Crippen LogP contribution in [0.15, 0.2) is 48.7 Å². The lowest BCUT2D eigenvalue weighted by atomic mass is 10.1. The second-order valence-corrected chi connectivity index (χ2v) is 6.61. The van der Waals surface area contributed by atoms with E-state index in [0.29, 0.717) is 30.7 Å². The molecule has 0 radical (unpaired) electrons. The number of ether oxygens (including phenoxy) is 1. The summed E-state index contributed by atoms with van der Waals surface area (Å²) in [5.74, 6) is 1.03. The minimum absolute atomic E-state index is 0.165. The van der Waals surface area contributed by atoms with Gasteiger partial charge in [-0.3, -0.25) is 14.9 Å². The Kier molecular flexibility index (Phi) is 5.12. The van der Waals surface area contributed by atoms with Gasteiger partial charge in [-0.25, -0.2) is 4.98 Å². The molecule has 3 rings (SSSR count). The van der Waals surface area contributed by atoms with E-state index >= 15 is 0 Å². The van der Waals surface area contributed by atoms with Crippen LogP contribution in [0.4, 0.5) is 10.6 Å². The molecule has 0 spiro atoms. The molecule has 1 saturated heterocycles. The first-order valence-electron chi connectivity index (χ1n) is 8.35. The highest BCUT2D eigenvalue weighted by Gasteiger charge is 2.31. The van der Waals surface area contributed by atoms with Gasteiger partial charge in [0.05, 0.1) is 13.1 Å². The highest BCUT2D eigenvalue weighted by atomic mass is 32.2. The Bertz CT molecular complexity index is 788. The summed E-state index contributed by atoms with van der Waals surface area (Å²) in [6.45, 7) is 1.19. The Morgan fingerprint density at radius 2 is 2.08 bits per heavy atom. The topological polar surface area (TPSA) is 71.5 Å². The van der Waals surface area contributed by atoms with Crippen LogP contribution in [0, 0.1) is 0 Å². The maximum Gasteiger partial charge on any atom is 0.286 e. The summed E-state index contributed by atoms with van der Waals surface area (Å²) in [6, 6.07) is 13.0. The lowest BCUT2D eigenvalue weighted by Gasteiger charge is -2.18. The number of thioether (sulfide) groups is 1. The molecule has 2 amide bonds. The number of carbonyl (C=O) groups is 2. The normalized spacial score (nSPS) is 20.1.